The van der Waals surface area contributed by atoms with Gasteiger partial charge in [-0.15, -0.1) is 22.7 Å². The molecule has 63 heavy (non-hydrogen) atoms. The van der Waals surface area contributed by atoms with Crippen LogP contribution in [0.5, 0.6) is 0 Å². The molecule has 312 valence electrons. The Kier molecular flexibility index (Phi) is 8.17. The van der Waals surface area contributed by atoms with Crippen LogP contribution in [0.25, 0.3) is 79.0 Å². The lowest BCUT2D eigenvalue weighted by Crippen LogP contribution is -2.37. The monoisotopic (exact) mass is 854 g/mol. The molecule has 0 atom stereocenters. The fraction of sp³-hybridized carbons (Fsp3) is 0.276. The molecule has 12 rings (SSSR count). The Labute approximate surface area is 380 Å². The first-order valence-corrected chi connectivity index (χ1v) is 24.6. The zero-order chi connectivity index (χ0) is 43.5. The summed E-state index contributed by atoms with van der Waals surface area (Å²) in [6, 6.07) is 44.9. The van der Waals surface area contributed by atoms with Gasteiger partial charge in [0.25, 0.3) is 0 Å². The number of rotatable bonds is 3. The molecule has 7 aromatic carbocycles. The summed E-state index contributed by atoms with van der Waals surface area (Å²) in [7, 11) is 0.859. The van der Waals surface area contributed by atoms with E-state index in [1.165, 1.54) is 125 Å². The first-order chi connectivity index (χ1) is 30.0. The molecular weight excluding hydrogens is 800 g/mol. The highest BCUT2D eigenvalue weighted by Gasteiger charge is 2.39. The number of benzene rings is 7. The summed E-state index contributed by atoms with van der Waals surface area (Å²) in [6.45, 7) is 23.8. The summed E-state index contributed by atoms with van der Waals surface area (Å²) >= 11 is 3.91. The van der Waals surface area contributed by atoms with Crippen LogP contribution in [0.4, 0.5) is 11.4 Å². The van der Waals surface area contributed by atoms with Gasteiger partial charge < -0.3 is 9.88 Å². The van der Waals surface area contributed by atoms with Gasteiger partial charge in [0, 0.05) is 73.9 Å². The van der Waals surface area contributed by atoms with Crippen molar-refractivity contribution in [3.8, 4) is 16.8 Å². The van der Waals surface area contributed by atoms with Gasteiger partial charge in [-0.1, -0.05) is 135 Å². The van der Waals surface area contributed by atoms with Gasteiger partial charge in [0.15, 0.2) is 7.28 Å². The van der Waals surface area contributed by atoms with Crippen molar-refractivity contribution in [2.75, 3.05) is 5.32 Å². The Morgan fingerprint density at radius 3 is 1.92 bits per heavy atom. The number of thiophene rings is 2. The fourth-order valence-corrected chi connectivity index (χ4v) is 13.6. The summed E-state index contributed by atoms with van der Waals surface area (Å²) in [6.07, 6.45) is 2.38. The second kappa shape index (κ2) is 13.1. The molecule has 1 N–H and O–H groups in total. The van der Waals surface area contributed by atoms with Crippen LogP contribution in [-0.2, 0) is 21.7 Å². The van der Waals surface area contributed by atoms with E-state index in [-0.39, 0.29) is 21.7 Å². The van der Waals surface area contributed by atoms with Crippen LogP contribution >= 0.6 is 22.7 Å². The van der Waals surface area contributed by atoms with Crippen LogP contribution in [0.2, 0.25) is 0 Å². The van der Waals surface area contributed by atoms with E-state index >= 15 is 0 Å². The Morgan fingerprint density at radius 2 is 1.22 bits per heavy atom. The summed E-state index contributed by atoms with van der Waals surface area (Å²) in [5.41, 5.74) is 17.7. The van der Waals surface area contributed by atoms with Gasteiger partial charge in [-0.3, -0.25) is 0 Å². The van der Waals surface area contributed by atoms with Gasteiger partial charge in [-0.25, -0.2) is 0 Å². The molecular formula is C58H55BN2S2. The van der Waals surface area contributed by atoms with E-state index in [4.69, 9.17) is 0 Å². The van der Waals surface area contributed by atoms with E-state index in [0.29, 0.717) is 0 Å². The zero-order valence-corrected chi connectivity index (χ0v) is 40.0. The van der Waals surface area contributed by atoms with Crippen molar-refractivity contribution in [3.63, 3.8) is 0 Å². The second-order valence-corrected chi connectivity index (χ2v) is 24.2. The zero-order valence-electron chi connectivity index (χ0n) is 38.4. The third-order valence-electron chi connectivity index (χ3n) is 15.0. The molecule has 0 amide bonds. The van der Waals surface area contributed by atoms with Crippen LogP contribution in [0, 0.1) is 0 Å². The quantitative estimate of drug-likeness (QED) is 0.175. The van der Waals surface area contributed by atoms with E-state index in [0.717, 1.165) is 18.7 Å². The Bertz CT molecular complexity index is 3580. The van der Waals surface area contributed by atoms with E-state index in [1.807, 2.05) is 22.7 Å². The lowest BCUT2D eigenvalue weighted by atomic mass is 9.58. The second-order valence-electron chi connectivity index (χ2n) is 22.1. The lowest BCUT2D eigenvalue weighted by Gasteiger charge is -2.42. The number of nitrogens with zero attached hydrogens (tertiary/aromatic N) is 1. The molecule has 0 bridgehead atoms. The minimum atomic E-state index is -0.0337. The van der Waals surface area contributed by atoms with Crippen LogP contribution in [-0.4, -0.2) is 11.8 Å². The lowest BCUT2D eigenvalue weighted by molar-refractivity contribution is 0.332. The van der Waals surface area contributed by atoms with Gasteiger partial charge in [0.2, 0.25) is 0 Å². The van der Waals surface area contributed by atoms with Crippen molar-refractivity contribution in [2.45, 2.75) is 104 Å². The maximum Gasteiger partial charge on any atom is 0.198 e. The van der Waals surface area contributed by atoms with E-state index in [1.54, 1.807) is 0 Å². The molecule has 1 aliphatic heterocycles. The van der Waals surface area contributed by atoms with Crippen LogP contribution in [0.3, 0.4) is 0 Å². The third-order valence-corrected chi connectivity index (χ3v) is 17.3. The maximum absolute atomic E-state index is 4.00. The molecule has 2 aliphatic rings. The molecule has 0 unspecified atom stereocenters. The van der Waals surface area contributed by atoms with Gasteiger partial charge in [-0.05, 0) is 128 Å². The molecule has 0 spiro atoms. The summed E-state index contributed by atoms with van der Waals surface area (Å²) < 4.78 is 8.16. The van der Waals surface area contributed by atoms with E-state index in [9.17, 15) is 0 Å². The Hall–Kier alpha value is -5.36. The standard InChI is InChI=1S/C58H55BN2S2/c1-55(2,3)32-19-22-34(23-20-32)60-43-24-21-33(56(4,5)6)27-38(43)51-52-53-49(50-36-16-12-14-18-47(36)63-54(50)51)39-28-40-41(58(9,10)26-25-57(40,7)8)30-44(39)61(53)45-31-48-37(29-42(45)59-52)35-15-11-13-17-46(35)62-48/h11-24,27-31,59-60H,25-26H2,1-10H3. The number of aromatic nitrogens is 1. The van der Waals surface area contributed by atoms with Crippen molar-refractivity contribution in [2.24, 2.45) is 0 Å². The highest BCUT2D eigenvalue weighted by atomic mass is 32.1. The van der Waals surface area contributed by atoms with Crippen molar-refractivity contribution < 1.29 is 0 Å². The first kappa shape index (κ1) is 39.3. The Morgan fingerprint density at radius 1 is 0.587 bits per heavy atom. The van der Waals surface area contributed by atoms with Gasteiger partial charge >= 0.3 is 0 Å². The number of anilines is 2. The number of nitrogens with one attached hydrogen (secondary N) is 1. The van der Waals surface area contributed by atoms with Crippen molar-refractivity contribution in [1.82, 2.24) is 4.57 Å². The molecule has 3 aromatic heterocycles. The first-order valence-electron chi connectivity index (χ1n) is 22.9. The average Bonchev–Trinajstić information content (AvgIpc) is 3.91. The minimum absolute atomic E-state index is 0.0337. The topological polar surface area (TPSA) is 17.0 Å². The average molecular weight is 855 g/mol. The Balaban J connectivity index is 1.26. The molecule has 10 aromatic rings. The number of hydrogen-bond donors (Lipinski definition) is 1. The third kappa shape index (κ3) is 5.81. The molecule has 5 heteroatoms. The van der Waals surface area contributed by atoms with E-state index < -0.39 is 0 Å². The van der Waals surface area contributed by atoms with Crippen molar-refractivity contribution >= 4 is 114 Å². The molecule has 0 radical (unpaired) electrons. The molecule has 2 nitrogen and oxygen atoms in total. The smallest absolute Gasteiger partial charge is 0.198 e. The predicted molar refractivity (Wildman–Crippen MR) is 281 cm³/mol. The van der Waals surface area contributed by atoms with E-state index in [2.05, 4.69) is 194 Å². The number of hydrogen-bond acceptors (Lipinski definition) is 3. The van der Waals surface area contributed by atoms with Crippen LogP contribution < -0.4 is 16.2 Å². The van der Waals surface area contributed by atoms with Crippen LogP contribution in [0.1, 0.15) is 104 Å². The molecule has 0 fully saturated rings. The largest absolute Gasteiger partial charge is 0.355 e. The summed E-state index contributed by atoms with van der Waals surface area (Å²) in [5.74, 6) is 0. The molecule has 0 saturated heterocycles. The number of fused-ring (bicyclic) bond motifs is 13. The van der Waals surface area contributed by atoms with Crippen molar-refractivity contribution in [3.05, 3.63) is 138 Å². The van der Waals surface area contributed by atoms with Gasteiger partial charge in [0.1, 0.15) is 0 Å². The predicted octanol–water partition coefficient (Wildman–Crippen LogP) is 15.6. The fourth-order valence-electron chi connectivity index (χ4n) is 11.2. The van der Waals surface area contributed by atoms with Gasteiger partial charge in [0.05, 0.1) is 5.52 Å². The summed E-state index contributed by atoms with van der Waals surface area (Å²) in [5, 5.41) is 12.3. The molecule has 1 aliphatic carbocycles. The summed E-state index contributed by atoms with van der Waals surface area (Å²) in [4.78, 5) is 0. The van der Waals surface area contributed by atoms with Crippen LogP contribution in [0.15, 0.2) is 115 Å². The van der Waals surface area contributed by atoms with Crippen molar-refractivity contribution in [1.29, 1.82) is 0 Å². The SMILES string of the molecule is CC(C)(C)c1ccc(Nc2ccc(C(C)(C)C)cc2-c2c3c4c(c5cc6c(cc5n4-c4cc5sc7ccccc7c5cc4B3)C(C)(C)CCC6(C)C)c3c2sc2ccccc23)cc1. The molecule has 4 heterocycles. The van der Waals surface area contributed by atoms with Gasteiger partial charge in [-0.2, -0.15) is 0 Å². The minimum Gasteiger partial charge on any atom is -0.355 e. The highest BCUT2D eigenvalue weighted by Crippen LogP contribution is 2.53. The normalized spacial score (nSPS) is 15.7. The maximum atomic E-state index is 4.00. The molecule has 0 saturated carbocycles. The highest BCUT2D eigenvalue weighted by molar-refractivity contribution is 7.27.